The van der Waals surface area contributed by atoms with Crippen molar-refractivity contribution in [2.24, 2.45) is 4.99 Å². The van der Waals surface area contributed by atoms with Crippen LogP contribution in [0.15, 0.2) is 23.3 Å². The third-order valence-electron chi connectivity index (χ3n) is 1.35. The van der Waals surface area contributed by atoms with Crippen molar-refractivity contribution < 1.29 is 4.74 Å². The second-order valence-corrected chi connectivity index (χ2v) is 2.01. The molecule has 0 saturated heterocycles. The molecule has 0 N–H and O–H groups in total. The first-order chi connectivity index (χ1) is 4.97. The predicted molar refractivity (Wildman–Crippen MR) is 37.2 cm³/mol. The van der Waals surface area contributed by atoms with Crippen molar-refractivity contribution in [3.05, 3.63) is 24.0 Å². The lowest BCUT2D eigenvalue weighted by molar-refractivity contribution is 0.297. The maximum atomic E-state index is 4.94. The average molecular weight is 134 g/mol. The van der Waals surface area contributed by atoms with Gasteiger partial charge in [0.15, 0.2) is 6.40 Å². The minimum absolute atomic E-state index is 0.541. The van der Waals surface area contributed by atoms with Crippen LogP contribution in [0.25, 0.3) is 0 Å². The number of hydrogen-bond acceptors (Lipinski definition) is 3. The van der Waals surface area contributed by atoms with Crippen LogP contribution in [-0.4, -0.2) is 11.4 Å². The third kappa shape index (κ3) is 0.757. The molecule has 1 aliphatic rings. The molecule has 3 heteroatoms. The highest BCUT2D eigenvalue weighted by Crippen LogP contribution is 2.18. The fourth-order valence-corrected chi connectivity index (χ4v) is 0.869. The van der Waals surface area contributed by atoms with Gasteiger partial charge >= 0.3 is 0 Å². The number of fused-ring (bicyclic) bond motifs is 1. The highest BCUT2D eigenvalue weighted by molar-refractivity contribution is 5.59. The van der Waals surface area contributed by atoms with E-state index in [1.807, 2.05) is 12.1 Å². The Kier molecular flexibility index (Phi) is 1.13. The van der Waals surface area contributed by atoms with E-state index in [4.69, 9.17) is 4.74 Å². The van der Waals surface area contributed by atoms with E-state index in [0.717, 1.165) is 11.4 Å². The summed E-state index contributed by atoms with van der Waals surface area (Å²) in [7, 11) is 0. The Balaban J connectivity index is 2.54. The number of rotatable bonds is 0. The summed E-state index contributed by atoms with van der Waals surface area (Å²) in [5, 5.41) is 0. The van der Waals surface area contributed by atoms with E-state index in [1.54, 1.807) is 6.20 Å². The van der Waals surface area contributed by atoms with Crippen molar-refractivity contribution >= 4 is 12.1 Å². The molecular formula is C7H6N2O. The van der Waals surface area contributed by atoms with Crippen LogP contribution in [0.5, 0.6) is 0 Å². The summed E-state index contributed by atoms with van der Waals surface area (Å²) >= 11 is 0. The van der Waals surface area contributed by atoms with Gasteiger partial charge in [0, 0.05) is 6.20 Å². The second-order valence-electron chi connectivity index (χ2n) is 2.01. The molecule has 0 aromatic carbocycles. The molecule has 0 atom stereocenters. The van der Waals surface area contributed by atoms with Gasteiger partial charge in [0.2, 0.25) is 0 Å². The predicted octanol–water partition coefficient (Wildman–Crippen LogP) is 1.27. The molecule has 1 aromatic heterocycles. The largest absolute Gasteiger partial charge is 0.477 e. The van der Waals surface area contributed by atoms with Crippen molar-refractivity contribution in [1.82, 2.24) is 4.98 Å². The summed E-state index contributed by atoms with van der Waals surface area (Å²) in [6.45, 7) is 0.541. The molecular weight excluding hydrogens is 128 g/mol. The molecule has 2 heterocycles. The van der Waals surface area contributed by atoms with Gasteiger partial charge < -0.3 is 4.74 Å². The van der Waals surface area contributed by atoms with Gasteiger partial charge in [0.25, 0.3) is 0 Å². The first kappa shape index (κ1) is 5.41. The minimum Gasteiger partial charge on any atom is -0.477 e. The van der Waals surface area contributed by atoms with Crippen LogP contribution in [-0.2, 0) is 11.3 Å². The van der Waals surface area contributed by atoms with Crippen molar-refractivity contribution in [2.45, 2.75) is 6.61 Å². The number of ether oxygens (including phenoxy) is 1. The van der Waals surface area contributed by atoms with Crippen LogP contribution >= 0.6 is 0 Å². The van der Waals surface area contributed by atoms with Crippen LogP contribution < -0.4 is 0 Å². The SMILES string of the molecule is C1=Nc2cccnc2CO1. The highest BCUT2D eigenvalue weighted by Gasteiger charge is 2.04. The van der Waals surface area contributed by atoms with Gasteiger partial charge in [-0.1, -0.05) is 0 Å². The third-order valence-corrected chi connectivity index (χ3v) is 1.35. The lowest BCUT2D eigenvalue weighted by Gasteiger charge is -2.07. The minimum atomic E-state index is 0.541. The van der Waals surface area contributed by atoms with E-state index in [-0.39, 0.29) is 0 Å². The van der Waals surface area contributed by atoms with Gasteiger partial charge in [-0.3, -0.25) is 4.98 Å². The van der Waals surface area contributed by atoms with Gasteiger partial charge in [0.1, 0.15) is 12.3 Å². The van der Waals surface area contributed by atoms with Gasteiger partial charge in [-0.25, -0.2) is 4.99 Å². The normalized spacial score (nSPS) is 14.0. The molecule has 3 nitrogen and oxygen atoms in total. The summed E-state index contributed by atoms with van der Waals surface area (Å²) in [5.41, 5.74) is 1.82. The maximum Gasteiger partial charge on any atom is 0.175 e. The molecule has 1 aliphatic heterocycles. The topological polar surface area (TPSA) is 34.5 Å². The molecule has 2 rings (SSSR count). The van der Waals surface area contributed by atoms with Crippen molar-refractivity contribution in [3.8, 4) is 0 Å². The van der Waals surface area contributed by atoms with E-state index in [1.165, 1.54) is 6.40 Å². The summed E-state index contributed by atoms with van der Waals surface area (Å²) in [6, 6.07) is 3.78. The van der Waals surface area contributed by atoms with E-state index >= 15 is 0 Å². The van der Waals surface area contributed by atoms with E-state index < -0.39 is 0 Å². The molecule has 50 valence electrons. The standard InChI is InChI=1S/C7H6N2O/c1-2-6-7(8-3-1)4-10-5-9-6/h1-3,5H,4H2. The molecule has 0 amide bonds. The molecule has 0 saturated carbocycles. The zero-order valence-corrected chi connectivity index (χ0v) is 5.32. The quantitative estimate of drug-likeness (QED) is 0.535. The van der Waals surface area contributed by atoms with Crippen LogP contribution in [0.3, 0.4) is 0 Å². The summed E-state index contributed by atoms with van der Waals surface area (Å²) in [5.74, 6) is 0. The van der Waals surface area contributed by atoms with Crippen molar-refractivity contribution in [2.75, 3.05) is 0 Å². The lowest BCUT2D eigenvalue weighted by atomic mass is 10.3. The highest BCUT2D eigenvalue weighted by atomic mass is 16.5. The van der Waals surface area contributed by atoms with Gasteiger partial charge in [-0.15, -0.1) is 0 Å². The number of aromatic nitrogens is 1. The van der Waals surface area contributed by atoms with Crippen molar-refractivity contribution in [3.63, 3.8) is 0 Å². The molecule has 0 spiro atoms. The van der Waals surface area contributed by atoms with E-state index in [0.29, 0.717) is 6.61 Å². The molecule has 10 heavy (non-hydrogen) atoms. The van der Waals surface area contributed by atoms with Crippen LogP contribution in [0, 0.1) is 0 Å². The Morgan fingerprint density at radius 3 is 3.40 bits per heavy atom. The Bertz CT molecular complexity index is 270. The molecule has 0 bridgehead atoms. The van der Waals surface area contributed by atoms with Crippen LogP contribution in [0.4, 0.5) is 5.69 Å². The first-order valence-electron chi connectivity index (χ1n) is 3.05. The van der Waals surface area contributed by atoms with Gasteiger partial charge in [0.05, 0.1) is 5.69 Å². The van der Waals surface area contributed by atoms with Crippen LogP contribution in [0.1, 0.15) is 5.69 Å². The Labute approximate surface area is 58.4 Å². The van der Waals surface area contributed by atoms with E-state index in [9.17, 15) is 0 Å². The fraction of sp³-hybridized carbons (Fsp3) is 0.143. The van der Waals surface area contributed by atoms with Crippen LogP contribution in [0.2, 0.25) is 0 Å². The Hall–Kier alpha value is -1.38. The summed E-state index contributed by atoms with van der Waals surface area (Å²) in [6.07, 6.45) is 3.19. The lowest BCUT2D eigenvalue weighted by Crippen LogP contribution is -1.98. The second kappa shape index (κ2) is 2.10. The summed E-state index contributed by atoms with van der Waals surface area (Å²) < 4.78 is 4.94. The Morgan fingerprint density at radius 2 is 2.50 bits per heavy atom. The molecule has 0 fully saturated rings. The summed E-state index contributed by atoms with van der Waals surface area (Å²) in [4.78, 5) is 8.06. The zero-order valence-electron chi connectivity index (χ0n) is 5.32. The zero-order chi connectivity index (χ0) is 6.81. The first-order valence-corrected chi connectivity index (χ1v) is 3.05. The van der Waals surface area contributed by atoms with Gasteiger partial charge in [-0.2, -0.15) is 0 Å². The molecule has 0 unspecified atom stereocenters. The number of hydrogen-bond donors (Lipinski definition) is 0. The van der Waals surface area contributed by atoms with Gasteiger partial charge in [-0.05, 0) is 12.1 Å². The van der Waals surface area contributed by atoms with Crippen molar-refractivity contribution in [1.29, 1.82) is 0 Å². The van der Waals surface area contributed by atoms with E-state index in [2.05, 4.69) is 9.98 Å². The fourth-order valence-electron chi connectivity index (χ4n) is 0.869. The number of aliphatic imine (C=N–C) groups is 1. The maximum absolute atomic E-state index is 4.94. The monoisotopic (exact) mass is 134 g/mol. The number of pyridine rings is 1. The smallest absolute Gasteiger partial charge is 0.175 e. The average Bonchev–Trinajstić information content (AvgIpc) is 2.05. The Morgan fingerprint density at radius 1 is 1.50 bits per heavy atom. The molecule has 1 aromatic rings. The molecule has 0 radical (unpaired) electrons. The number of nitrogens with zero attached hydrogens (tertiary/aromatic N) is 2. The molecule has 0 aliphatic carbocycles.